The first-order chi connectivity index (χ1) is 23.6. The molecule has 0 radical (unpaired) electrons. The van der Waals surface area contributed by atoms with Gasteiger partial charge in [-0.1, -0.05) is 0 Å². The van der Waals surface area contributed by atoms with E-state index >= 15 is 0 Å². The van der Waals surface area contributed by atoms with Gasteiger partial charge in [0.2, 0.25) is 5.60 Å². The lowest BCUT2D eigenvalue weighted by Gasteiger charge is -2.29. The molecule has 2 N–H and O–H groups in total. The van der Waals surface area contributed by atoms with E-state index in [0.29, 0.717) is 0 Å². The van der Waals surface area contributed by atoms with Crippen molar-refractivity contribution in [3.63, 3.8) is 0 Å². The van der Waals surface area contributed by atoms with Gasteiger partial charge in [-0.25, -0.2) is 24.2 Å². The molecular formula is C30H43N6O13P. The van der Waals surface area contributed by atoms with Crippen LogP contribution in [0.1, 0.15) is 53.3 Å². The maximum Gasteiger partial charge on any atom is 0.335 e. The van der Waals surface area contributed by atoms with Crippen LogP contribution in [0.15, 0.2) is 18.5 Å². The molecule has 2 aromatic rings. The molecule has 3 rings (SSSR count). The summed E-state index contributed by atoms with van der Waals surface area (Å²) in [6.45, 7) is 8.27. The SMILES string of the molecule is CO[C@H](C)C(=O)Nc1ncnn2c([C@@H]3O[C@](C#N)(CO[PH](=O)N[C@@H](C)C(=O)OC(C)C)[C@@H](OC(=O)[C@@H](C)OC)[C@H]3OC(=O)[C@@H](C)OC)ccc12. The molecule has 3 heterocycles. The first kappa shape index (κ1) is 40.4. The normalized spacial score (nSPS) is 23.3. The summed E-state index contributed by atoms with van der Waals surface area (Å²) >= 11 is 0. The van der Waals surface area contributed by atoms with Crippen molar-refractivity contribution in [1.29, 1.82) is 5.26 Å². The molecule has 20 heteroatoms. The van der Waals surface area contributed by atoms with Gasteiger partial charge in [-0.05, 0) is 53.7 Å². The zero-order valence-electron chi connectivity index (χ0n) is 29.2. The summed E-state index contributed by atoms with van der Waals surface area (Å²) in [6.07, 6.45) is -6.96. The number of nitrogens with zero attached hydrogens (tertiary/aromatic N) is 4. The Bertz CT molecular complexity index is 1600. The number of carbonyl (C=O) groups excluding carboxylic acids is 4. The Morgan fingerprint density at radius 2 is 1.60 bits per heavy atom. The zero-order chi connectivity index (χ0) is 37.3. The predicted octanol–water partition coefficient (Wildman–Crippen LogP) is 1.27. The van der Waals surface area contributed by atoms with Gasteiger partial charge in [-0.15, -0.1) is 0 Å². The number of rotatable bonds is 17. The number of nitrogens with one attached hydrogen (secondary N) is 2. The number of aromatic nitrogens is 3. The average molecular weight is 727 g/mol. The molecule has 1 unspecified atom stereocenters. The molecule has 276 valence electrons. The fourth-order valence-corrected chi connectivity index (χ4v) is 5.46. The van der Waals surface area contributed by atoms with Gasteiger partial charge in [0.1, 0.15) is 42.8 Å². The molecule has 1 aliphatic heterocycles. The third kappa shape index (κ3) is 9.40. The fourth-order valence-electron chi connectivity index (χ4n) is 4.56. The van der Waals surface area contributed by atoms with Crippen molar-refractivity contribution >= 4 is 43.3 Å². The lowest BCUT2D eigenvalue weighted by atomic mass is 9.95. The number of esters is 3. The maximum atomic E-state index is 13.2. The number of ether oxygens (including phenoxy) is 7. The van der Waals surface area contributed by atoms with E-state index in [1.807, 2.05) is 6.07 Å². The van der Waals surface area contributed by atoms with Crippen LogP contribution in [0.4, 0.5) is 5.82 Å². The van der Waals surface area contributed by atoms with Gasteiger partial charge in [0, 0.05) is 21.3 Å². The van der Waals surface area contributed by atoms with Gasteiger partial charge in [-0.3, -0.25) is 14.2 Å². The van der Waals surface area contributed by atoms with Crippen molar-refractivity contribution in [3.05, 3.63) is 24.2 Å². The van der Waals surface area contributed by atoms with E-state index in [-0.39, 0.29) is 17.0 Å². The molecular weight excluding hydrogens is 683 g/mol. The standard InChI is InChI=1S/C30H43N6O13P/c1-15(2)46-27(38)16(3)35-50(41)45-13-30(12-31)24(48-29(40)19(6)44-9)23(47-28(39)18(5)43-8)22(49-30)20-10-11-21-25(32-14-33-36(20)21)34-26(37)17(4)42-7/h10-11,14-19,22-24,50H,13H2,1-9H3,(H,35,41)(H,32,33,34,37)/t16-,17+,18+,19+,22-,23-,24-,30+/m0/s1. The summed E-state index contributed by atoms with van der Waals surface area (Å²) in [5.41, 5.74) is -1.81. The van der Waals surface area contributed by atoms with Crippen LogP contribution in [0.25, 0.3) is 5.52 Å². The first-order valence-corrected chi connectivity index (χ1v) is 16.8. The number of hydrogen-bond donors (Lipinski definition) is 2. The Balaban J connectivity index is 2.10. The van der Waals surface area contributed by atoms with Crippen LogP contribution in [-0.4, -0.2) is 115 Å². The van der Waals surface area contributed by atoms with E-state index in [0.717, 1.165) is 6.33 Å². The third-order valence-corrected chi connectivity index (χ3v) is 8.72. The fraction of sp³-hybridized carbons (Fsp3) is 0.633. The topological polar surface area (TPSA) is 237 Å². The van der Waals surface area contributed by atoms with Gasteiger partial charge in [0.15, 0.2) is 30.2 Å². The van der Waals surface area contributed by atoms with Crippen molar-refractivity contribution in [3.8, 4) is 6.07 Å². The Morgan fingerprint density at radius 1 is 0.980 bits per heavy atom. The second-order valence-corrected chi connectivity index (χ2v) is 12.7. The highest BCUT2D eigenvalue weighted by Gasteiger charge is 2.62. The highest BCUT2D eigenvalue weighted by atomic mass is 31.1. The molecule has 0 bridgehead atoms. The minimum atomic E-state index is -3.26. The summed E-state index contributed by atoms with van der Waals surface area (Å²) in [6, 6.07) is 3.96. The molecule has 1 fully saturated rings. The van der Waals surface area contributed by atoms with Gasteiger partial charge >= 0.3 is 17.9 Å². The van der Waals surface area contributed by atoms with Crippen LogP contribution in [0.3, 0.4) is 0 Å². The minimum absolute atomic E-state index is 0.0984. The second kappa shape index (κ2) is 17.8. The van der Waals surface area contributed by atoms with Crippen LogP contribution in [0.2, 0.25) is 0 Å². The van der Waals surface area contributed by atoms with Crippen LogP contribution >= 0.6 is 8.18 Å². The Kier molecular flexibility index (Phi) is 14.4. The van der Waals surface area contributed by atoms with Crippen LogP contribution in [0, 0.1) is 11.3 Å². The Labute approximate surface area is 289 Å². The molecule has 1 saturated heterocycles. The van der Waals surface area contributed by atoms with Crippen molar-refractivity contribution in [2.45, 2.75) is 95.9 Å². The van der Waals surface area contributed by atoms with Crippen molar-refractivity contribution in [2.24, 2.45) is 0 Å². The highest BCUT2D eigenvalue weighted by molar-refractivity contribution is 7.36. The monoisotopic (exact) mass is 726 g/mol. The third-order valence-electron chi connectivity index (χ3n) is 7.64. The summed E-state index contributed by atoms with van der Waals surface area (Å²) < 4.78 is 58.1. The molecule has 50 heavy (non-hydrogen) atoms. The number of anilines is 1. The predicted molar refractivity (Wildman–Crippen MR) is 172 cm³/mol. The lowest BCUT2D eigenvalue weighted by molar-refractivity contribution is -0.180. The number of nitriles is 1. The molecule has 2 aromatic heterocycles. The number of hydrogen-bond acceptors (Lipinski definition) is 16. The summed E-state index contributed by atoms with van der Waals surface area (Å²) in [5, 5.41) is 20.0. The van der Waals surface area contributed by atoms with E-state index in [9.17, 15) is 29.0 Å². The Hall–Kier alpha value is -4.02. The maximum absolute atomic E-state index is 13.2. The summed E-state index contributed by atoms with van der Waals surface area (Å²) in [5.74, 6) is -2.93. The van der Waals surface area contributed by atoms with E-state index in [2.05, 4.69) is 20.5 Å². The molecule has 19 nitrogen and oxygen atoms in total. The molecule has 0 spiro atoms. The molecule has 9 atom stereocenters. The number of fused-ring (bicyclic) bond motifs is 1. The van der Waals surface area contributed by atoms with Crippen molar-refractivity contribution < 1.29 is 61.4 Å². The van der Waals surface area contributed by atoms with Crippen molar-refractivity contribution in [2.75, 3.05) is 33.3 Å². The quantitative estimate of drug-likeness (QED) is 0.133. The van der Waals surface area contributed by atoms with Crippen LogP contribution in [-0.2, 0) is 61.4 Å². The average Bonchev–Trinajstić information content (AvgIpc) is 3.65. The smallest absolute Gasteiger partial charge is 0.335 e. The Morgan fingerprint density at radius 3 is 2.18 bits per heavy atom. The van der Waals surface area contributed by atoms with E-state index in [1.54, 1.807) is 26.8 Å². The lowest BCUT2D eigenvalue weighted by Crippen LogP contribution is -2.50. The van der Waals surface area contributed by atoms with Crippen LogP contribution in [0.5, 0.6) is 0 Å². The summed E-state index contributed by atoms with van der Waals surface area (Å²) in [4.78, 5) is 55.3. The van der Waals surface area contributed by atoms with E-state index < -0.39 is 93.0 Å². The number of methoxy groups -OCH3 is 3. The first-order valence-electron chi connectivity index (χ1n) is 15.5. The number of carbonyl (C=O) groups is 4. The van der Waals surface area contributed by atoms with E-state index in [1.165, 1.54) is 52.7 Å². The molecule has 0 saturated carbocycles. The van der Waals surface area contributed by atoms with Crippen molar-refractivity contribution in [1.82, 2.24) is 19.7 Å². The molecule has 1 amide bonds. The van der Waals surface area contributed by atoms with Gasteiger partial charge in [0.05, 0.1) is 11.8 Å². The van der Waals surface area contributed by atoms with Gasteiger partial charge < -0.3 is 43.0 Å². The van der Waals surface area contributed by atoms with Gasteiger partial charge in [0.25, 0.3) is 14.1 Å². The number of amides is 1. The molecule has 0 aromatic carbocycles. The second-order valence-electron chi connectivity index (χ2n) is 11.5. The largest absolute Gasteiger partial charge is 0.462 e. The highest BCUT2D eigenvalue weighted by Crippen LogP contribution is 2.45. The zero-order valence-corrected chi connectivity index (χ0v) is 30.2. The molecule has 1 aliphatic rings. The molecule has 0 aliphatic carbocycles. The van der Waals surface area contributed by atoms with Crippen LogP contribution < -0.4 is 10.4 Å². The summed E-state index contributed by atoms with van der Waals surface area (Å²) in [7, 11) is 0.645. The van der Waals surface area contributed by atoms with E-state index in [4.69, 9.17) is 37.7 Å². The minimum Gasteiger partial charge on any atom is -0.462 e. The van der Waals surface area contributed by atoms with Gasteiger partial charge in [-0.2, -0.15) is 10.4 Å².